The number of hydrogen-bond donors (Lipinski definition) is 1. The van der Waals surface area contributed by atoms with E-state index >= 15 is 0 Å². The molecule has 2 heterocycles. The van der Waals surface area contributed by atoms with E-state index in [9.17, 15) is 9.59 Å². The van der Waals surface area contributed by atoms with Gasteiger partial charge in [-0.05, 0) is 54.5 Å². The van der Waals surface area contributed by atoms with Gasteiger partial charge in [0.2, 0.25) is 5.91 Å². The molecule has 1 N–H and O–H groups in total. The summed E-state index contributed by atoms with van der Waals surface area (Å²) < 4.78 is 0. The molecule has 1 fully saturated rings. The minimum absolute atomic E-state index is 0.186. The minimum atomic E-state index is -0.902. The van der Waals surface area contributed by atoms with Crippen molar-refractivity contribution in [3.63, 3.8) is 0 Å². The molecule has 1 atom stereocenters. The van der Waals surface area contributed by atoms with Crippen LogP contribution in [0, 0.1) is 5.92 Å². The molecule has 2 aromatic rings. The van der Waals surface area contributed by atoms with Gasteiger partial charge in [0.1, 0.15) is 0 Å². The molecule has 1 unspecified atom stereocenters. The van der Waals surface area contributed by atoms with Gasteiger partial charge in [0.15, 0.2) is 0 Å². The van der Waals surface area contributed by atoms with E-state index in [1.54, 1.807) is 30.6 Å². The number of likely N-dealkylation sites (tertiary alicyclic amines) is 1. The van der Waals surface area contributed by atoms with Gasteiger partial charge in [0.25, 0.3) is 0 Å². The number of nitrogens with zero attached hydrogens (tertiary/aromatic N) is 2. The number of pyridine rings is 1. The predicted octanol–water partition coefficient (Wildman–Crippen LogP) is 2.80. The van der Waals surface area contributed by atoms with Crippen LogP contribution in [0.15, 0.2) is 48.8 Å². The Morgan fingerprint density at radius 2 is 2.04 bits per heavy atom. The van der Waals surface area contributed by atoms with Gasteiger partial charge in [-0.2, -0.15) is 0 Å². The molecule has 1 aliphatic rings. The highest BCUT2D eigenvalue weighted by Gasteiger charge is 2.26. The van der Waals surface area contributed by atoms with Crippen LogP contribution in [0.5, 0.6) is 0 Å². The summed E-state index contributed by atoms with van der Waals surface area (Å²) in [6.07, 6.45) is 6.54. The van der Waals surface area contributed by atoms with Crippen LogP contribution in [0.1, 0.15) is 34.3 Å². The fraction of sp³-hybridized carbons (Fsp3) is 0.350. The summed E-state index contributed by atoms with van der Waals surface area (Å²) in [5, 5.41) is 9.08. The van der Waals surface area contributed by atoms with Crippen LogP contribution >= 0.6 is 0 Å². The highest BCUT2D eigenvalue weighted by molar-refractivity contribution is 5.87. The maximum absolute atomic E-state index is 12.4. The van der Waals surface area contributed by atoms with Crippen LogP contribution in [-0.2, 0) is 17.6 Å². The van der Waals surface area contributed by atoms with E-state index in [4.69, 9.17) is 5.11 Å². The lowest BCUT2D eigenvalue weighted by molar-refractivity contribution is -0.130. The summed E-state index contributed by atoms with van der Waals surface area (Å²) in [5.74, 6) is -0.322. The summed E-state index contributed by atoms with van der Waals surface area (Å²) in [6, 6.07) is 11.0. The van der Waals surface area contributed by atoms with Crippen LogP contribution in [0.3, 0.4) is 0 Å². The molecule has 5 heteroatoms. The minimum Gasteiger partial charge on any atom is -0.478 e. The zero-order valence-corrected chi connectivity index (χ0v) is 14.1. The Hall–Kier alpha value is -2.69. The number of aryl methyl sites for hydroxylation is 1. The molecule has 0 saturated carbocycles. The Labute approximate surface area is 147 Å². The quantitative estimate of drug-likeness (QED) is 0.879. The normalized spacial score (nSPS) is 16.8. The summed E-state index contributed by atoms with van der Waals surface area (Å²) >= 11 is 0. The number of aromatic nitrogens is 1. The van der Waals surface area contributed by atoms with Gasteiger partial charge in [-0.25, -0.2) is 4.79 Å². The van der Waals surface area contributed by atoms with Gasteiger partial charge < -0.3 is 10.0 Å². The maximum atomic E-state index is 12.4. The standard InChI is InChI=1S/C20H22N2O3/c23-19(7-6-15-4-2-9-21-13-15)22-10-8-17(14-22)11-16-3-1-5-18(12-16)20(24)25/h1-5,9,12-13,17H,6-8,10-11,14H2,(H,24,25). The first kappa shape index (κ1) is 17.1. The molecule has 5 nitrogen and oxygen atoms in total. The lowest BCUT2D eigenvalue weighted by Crippen LogP contribution is -2.29. The van der Waals surface area contributed by atoms with Crippen molar-refractivity contribution in [1.29, 1.82) is 0 Å². The Kier molecular flexibility index (Phi) is 5.43. The Morgan fingerprint density at radius 1 is 1.20 bits per heavy atom. The summed E-state index contributed by atoms with van der Waals surface area (Å²) in [7, 11) is 0. The van der Waals surface area contributed by atoms with E-state index in [2.05, 4.69) is 4.98 Å². The van der Waals surface area contributed by atoms with Crippen molar-refractivity contribution in [2.75, 3.05) is 13.1 Å². The third-order valence-electron chi connectivity index (χ3n) is 4.69. The molecule has 0 aliphatic carbocycles. The van der Waals surface area contributed by atoms with Crippen molar-refractivity contribution in [2.24, 2.45) is 5.92 Å². The summed E-state index contributed by atoms with van der Waals surface area (Å²) in [5.41, 5.74) is 2.42. The van der Waals surface area contributed by atoms with Crippen molar-refractivity contribution in [1.82, 2.24) is 9.88 Å². The first-order valence-electron chi connectivity index (χ1n) is 8.61. The monoisotopic (exact) mass is 338 g/mol. The number of rotatable bonds is 6. The zero-order chi connectivity index (χ0) is 17.6. The largest absolute Gasteiger partial charge is 0.478 e. The second kappa shape index (κ2) is 7.92. The first-order chi connectivity index (χ1) is 12.1. The number of carboxylic acid groups (broad SMARTS) is 1. The molecule has 1 aliphatic heterocycles. The average molecular weight is 338 g/mol. The van der Waals surface area contributed by atoms with Crippen LogP contribution in [0.2, 0.25) is 0 Å². The van der Waals surface area contributed by atoms with Gasteiger partial charge in [-0.3, -0.25) is 9.78 Å². The second-order valence-corrected chi connectivity index (χ2v) is 6.57. The third kappa shape index (κ3) is 4.66. The number of benzene rings is 1. The Morgan fingerprint density at radius 3 is 2.80 bits per heavy atom. The highest BCUT2D eigenvalue weighted by atomic mass is 16.4. The van der Waals surface area contributed by atoms with E-state index in [1.807, 2.05) is 23.1 Å². The van der Waals surface area contributed by atoms with E-state index in [0.29, 0.717) is 24.3 Å². The van der Waals surface area contributed by atoms with Crippen molar-refractivity contribution in [3.8, 4) is 0 Å². The molecule has 25 heavy (non-hydrogen) atoms. The number of hydrogen-bond acceptors (Lipinski definition) is 3. The van der Waals surface area contributed by atoms with Crippen LogP contribution in [0.4, 0.5) is 0 Å². The fourth-order valence-corrected chi connectivity index (χ4v) is 3.35. The zero-order valence-electron chi connectivity index (χ0n) is 14.1. The van der Waals surface area contributed by atoms with Crippen molar-refractivity contribution in [2.45, 2.75) is 25.7 Å². The second-order valence-electron chi connectivity index (χ2n) is 6.57. The molecular formula is C20H22N2O3. The molecule has 0 bridgehead atoms. The van der Waals surface area contributed by atoms with Crippen molar-refractivity contribution >= 4 is 11.9 Å². The van der Waals surface area contributed by atoms with Gasteiger partial charge in [-0.15, -0.1) is 0 Å². The Bertz CT molecular complexity index is 746. The highest BCUT2D eigenvalue weighted by Crippen LogP contribution is 2.22. The van der Waals surface area contributed by atoms with Crippen molar-refractivity contribution < 1.29 is 14.7 Å². The number of carboxylic acids is 1. The molecule has 3 rings (SSSR count). The molecule has 0 spiro atoms. The number of carbonyl (C=O) groups is 2. The van der Waals surface area contributed by atoms with Gasteiger partial charge in [-0.1, -0.05) is 18.2 Å². The van der Waals surface area contributed by atoms with Crippen LogP contribution < -0.4 is 0 Å². The molecule has 1 amide bonds. The van der Waals surface area contributed by atoms with E-state index in [0.717, 1.165) is 37.1 Å². The van der Waals surface area contributed by atoms with Gasteiger partial charge in [0, 0.05) is 31.9 Å². The smallest absolute Gasteiger partial charge is 0.335 e. The SMILES string of the molecule is O=C(O)c1cccc(CC2CCN(C(=O)CCc3cccnc3)C2)c1. The average Bonchev–Trinajstić information content (AvgIpc) is 3.09. The topological polar surface area (TPSA) is 70.5 Å². The molecule has 130 valence electrons. The van der Waals surface area contributed by atoms with Crippen LogP contribution in [0.25, 0.3) is 0 Å². The lowest BCUT2D eigenvalue weighted by Gasteiger charge is -2.16. The summed E-state index contributed by atoms with van der Waals surface area (Å²) in [4.78, 5) is 29.5. The Balaban J connectivity index is 1.50. The molecule has 0 radical (unpaired) electrons. The molecule has 1 saturated heterocycles. The van der Waals surface area contributed by atoms with E-state index < -0.39 is 5.97 Å². The third-order valence-corrected chi connectivity index (χ3v) is 4.69. The predicted molar refractivity (Wildman–Crippen MR) is 94.4 cm³/mol. The number of aromatic carboxylic acids is 1. The maximum Gasteiger partial charge on any atom is 0.335 e. The molecular weight excluding hydrogens is 316 g/mol. The summed E-state index contributed by atoms with van der Waals surface area (Å²) in [6.45, 7) is 1.54. The molecule has 1 aromatic carbocycles. The van der Waals surface area contributed by atoms with Crippen molar-refractivity contribution in [3.05, 3.63) is 65.5 Å². The first-order valence-corrected chi connectivity index (χ1v) is 8.61. The van der Waals surface area contributed by atoms with E-state index in [-0.39, 0.29) is 5.91 Å². The lowest BCUT2D eigenvalue weighted by atomic mass is 9.97. The number of amides is 1. The van der Waals surface area contributed by atoms with Gasteiger partial charge >= 0.3 is 5.97 Å². The van der Waals surface area contributed by atoms with Crippen LogP contribution in [-0.4, -0.2) is 40.0 Å². The fourth-order valence-electron chi connectivity index (χ4n) is 3.35. The molecule has 1 aromatic heterocycles. The van der Waals surface area contributed by atoms with E-state index in [1.165, 1.54) is 0 Å². The number of carbonyl (C=O) groups excluding carboxylic acids is 1. The van der Waals surface area contributed by atoms with Gasteiger partial charge in [0.05, 0.1) is 5.56 Å².